The van der Waals surface area contributed by atoms with Crippen LogP contribution in [0.25, 0.3) is 0 Å². The van der Waals surface area contributed by atoms with E-state index in [0.29, 0.717) is 18.4 Å². The summed E-state index contributed by atoms with van der Waals surface area (Å²) in [6.45, 7) is 1.38. The smallest absolute Gasteiger partial charge is 0.323 e. The molecule has 1 aliphatic carbocycles. The minimum atomic E-state index is -1.23. The highest BCUT2D eigenvalue weighted by Crippen LogP contribution is 2.28. The third kappa shape index (κ3) is 5.46. The summed E-state index contributed by atoms with van der Waals surface area (Å²) in [6, 6.07) is -0.632. The van der Waals surface area contributed by atoms with Gasteiger partial charge in [0.25, 0.3) is 0 Å². The number of urea groups is 1. The van der Waals surface area contributed by atoms with Crippen LogP contribution in [0.5, 0.6) is 0 Å². The summed E-state index contributed by atoms with van der Waals surface area (Å²) >= 11 is 0. The van der Waals surface area contributed by atoms with Gasteiger partial charge < -0.3 is 20.4 Å². The van der Waals surface area contributed by atoms with Crippen molar-refractivity contribution >= 4 is 18.0 Å². The van der Waals surface area contributed by atoms with Crippen LogP contribution in [0.1, 0.15) is 32.6 Å². The van der Waals surface area contributed by atoms with Crippen LogP contribution in [0.15, 0.2) is 0 Å². The van der Waals surface area contributed by atoms with E-state index in [1.165, 1.54) is 6.42 Å². The molecule has 114 valence electrons. The minimum Gasteiger partial charge on any atom is -0.480 e. The first-order chi connectivity index (χ1) is 9.40. The minimum absolute atomic E-state index is 0.379. The lowest BCUT2D eigenvalue weighted by Gasteiger charge is -2.29. The van der Waals surface area contributed by atoms with Gasteiger partial charge in [-0.2, -0.15) is 0 Å². The van der Waals surface area contributed by atoms with Crippen LogP contribution in [-0.2, 0) is 9.59 Å². The van der Waals surface area contributed by atoms with E-state index < -0.39 is 31.1 Å². The zero-order valence-corrected chi connectivity index (χ0v) is 11.7. The molecular formula is C13H22N2O5. The van der Waals surface area contributed by atoms with Crippen molar-refractivity contribution in [3.63, 3.8) is 0 Å². The molecule has 7 heteroatoms. The van der Waals surface area contributed by atoms with E-state index in [1.54, 1.807) is 0 Å². The summed E-state index contributed by atoms with van der Waals surface area (Å²) in [7, 11) is 0. The van der Waals surface area contributed by atoms with Gasteiger partial charge in [0.15, 0.2) is 0 Å². The molecule has 2 amide bonds. The highest BCUT2D eigenvalue weighted by Gasteiger charge is 2.24. The van der Waals surface area contributed by atoms with E-state index in [1.807, 2.05) is 0 Å². The van der Waals surface area contributed by atoms with Crippen LogP contribution in [-0.4, -0.2) is 52.7 Å². The predicted molar refractivity (Wildman–Crippen MR) is 71.4 cm³/mol. The van der Waals surface area contributed by atoms with Gasteiger partial charge in [-0.3, -0.25) is 9.59 Å². The molecule has 1 saturated carbocycles. The Labute approximate surface area is 117 Å². The lowest BCUT2D eigenvalue weighted by molar-refractivity contribution is -0.140. The maximum absolute atomic E-state index is 11.9. The first-order valence-electron chi connectivity index (χ1n) is 6.86. The molecule has 1 rings (SSSR count). The zero-order chi connectivity index (χ0) is 15.1. The maximum Gasteiger partial charge on any atom is 0.323 e. The molecule has 0 aliphatic heterocycles. The van der Waals surface area contributed by atoms with Crippen molar-refractivity contribution < 1.29 is 24.6 Å². The fraction of sp³-hybridized carbons (Fsp3) is 0.769. The fourth-order valence-corrected chi connectivity index (χ4v) is 2.55. The third-order valence-corrected chi connectivity index (χ3v) is 3.74. The van der Waals surface area contributed by atoms with E-state index >= 15 is 0 Å². The van der Waals surface area contributed by atoms with Gasteiger partial charge in [-0.05, 0) is 18.3 Å². The molecule has 1 aliphatic rings. The van der Waals surface area contributed by atoms with Gasteiger partial charge in [-0.15, -0.1) is 0 Å². The molecule has 7 nitrogen and oxygen atoms in total. The number of carbonyl (C=O) groups is 3. The number of carbonyl (C=O) groups excluding carboxylic acids is 1. The van der Waals surface area contributed by atoms with Gasteiger partial charge >= 0.3 is 18.0 Å². The number of aliphatic carboxylic acids is 2. The number of nitrogens with one attached hydrogen (secondary N) is 1. The van der Waals surface area contributed by atoms with E-state index in [-0.39, 0.29) is 0 Å². The first-order valence-corrected chi connectivity index (χ1v) is 6.86. The highest BCUT2D eigenvalue weighted by molar-refractivity contribution is 5.84. The number of carboxylic acid groups (broad SMARTS) is 2. The Bertz CT molecular complexity index is 356. The normalized spacial score (nSPS) is 22.1. The van der Waals surface area contributed by atoms with Gasteiger partial charge in [-0.1, -0.05) is 26.2 Å². The van der Waals surface area contributed by atoms with Crippen LogP contribution in [0.3, 0.4) is 0 Å². The van der Waals surface area contributed by atoms with E-state index in [9.17, 15) is 14.4 Å². The number of amides is 2. The van der Waals surface area contributed by atoms with E-state index in [0.717, 1.165) is 24.2 Å². The molecule has 0 aromatic heterocycles. The van der Waals surface area contributed by atoms with Crippen molar-refractivity contribution in [1.82, 2.24) is 10.2 Å². The van der Waals surface area contributed by atoms with Crippen molar-refractivity contribution in [2.75, 3.05) is 19.6 Å². The molecule has 0 spiro atoms. The zero-order valence-electron chi connectivity index (χ0n) is 11.7. The molecule has 0 aromatic rings. The van der Waals surface area contributed by atoms with Crippen molar-refractivity contribution in [1.29, 1.82) is 0 Å². The molecule has 20 heavy (non-hydrogen) atoms. The predicted octanol–water partition coefficient (Wildman–Crippen LogP) is 0.993. The number of rotatable bonds is 6. The molecule has 2 atom stereocenters. The molecule has 0 radical (unpaired) electrons. The Kier molecular flexibility index (Phi) is 6.27. The quantitative estimate of drug-likeness (QED) is 0.675. The second-order valence-electron chi connectivity index (χ2n) is 5.35. The summed E-state index contributed by atoms with van der Waals surface area (Å²) in [4.78, 5) is 33.9. The first kappa shape index (κ1) is 16.3. The average Bonchev–Trinajstić information content (AvgIpc) is 2.35. The van der Waals surface area contributed by atoms with Gasteiger partial charge in [0.1, 0.15) is 13.1 Å². The number of nitrogens with zero attached hydrogens (tertiary/aromatic N) is 1. The average molecular weight is 286 g/mol. The Hall–Kier alpha value is -1.79. The van der Waals surface area contributed by atoms with Crippen molar-refractivity contribution in [2.45, 2.75) is 32.6 Å². The van der Waals surface area contributed by atoms with Crippen LogP contribution in [0, 0.1) is 11.8 Å². The number of hydrogen-bond acceptors (Lipinski definition) is 3. The third-order valence-electron chi connectivity index (χ3n) is 3.74. The number of hydrogen-bond donors (Lipinski definition) is 3. The molecule has 0 bridgehead atoms. The van der Waals surface area contributed by atoms with E-state index in [4.69, 9.17) is 10.2 Å². The summed E-state index contributed by atoms with van der Waals surface area (Å²) in [5.41, 5.74) is 0. The summed E-state index contributed by atoms with van der Waals surface area (Å²) in [5.74, 6) is -1.56. The molecule has 3 N–H and O–H groups in total. The molecule has 1 fully saturated rings. The summed E-state index contributed by atoms with van der Waals surface area (Å²) in [6.07, 6.45) is 4.52. The Morgan fingerprint density at radius 3 is 2.15 bits per heavy atom. The van der Waals surface area contributed by atoms with Crippen LogP contribution in [0.4, 0.5) is 4.79 Å². The molecule has 0 aromatic carbocycles. The van der Waals surface area contributed by atoms with Gasteiger partial charge in [0, 0.05) is 6.54 Å². The SMILES string of the molecule is CC1CCCCC1CNC(=O)N(CC(=O)O)CC(=O)O. The highest BCUT2D eigenvalue weighted by atomic mass is 16.4. The van der Waals surface area contributed by atoms with Gasteiger partial charge in [-0.25, -0.2) is 4.79 Å². The molecular weight excluding hydrogens is 264 g/mol. The second kappa shape index (κ2) is 7.72. The van der Waals surface area contributed by atoms with Crippen LogP contribution >= 0.6 is 0 Å². The Morgan fingerprint density at radius 2 is 1.65 bits per heavy atom. The summed E-state index contributed by atoms with van der Waals surface area (Å²) < 4.78 is 0. The van der Waals surface area contributed by atoms with Crippen LogP contribution in [0.2, 0.25) is 0 Å². The molecule has 0 saturated heterocycles. The van der Waals surface area contributed by atoms with Crippen molar-refractivity contribution in [3.05, 3.63) is 0 Å². The Balaban J connectivity index is 2.47. The van der Waals surface area contributed by atoms with E-state index in [2.05, 4.69) is 12.2 Å². The standard InChI is InChI=1S/C13H22N2O5/c1-9-4-2-3-5-10(9)6-14-13(20)15(7-11(16)17)8-12(18)19/h9-10H,2-8H2,1H3,(H,14,20)(H,16,17)(H,18,19). The number of carboxylic acids is 2. The topological polar surface area (TPSA) is 107 Å². The lowest BCUT2D eigenvalue weighted by atomic mass is 9.80. The molecule has 0 heterocycles. The van der Waals surface area contributed by atoms with Crippen molar-refractivity contribution in [3.8, 4) is 0 Å². The monoisotopic (exact) mass is 286 g/mol. The van der Waals surface area contributed by atoms with Crippen molar-refractivity contribution in [2.24, 2.45) is 11.8 Å². The van der Waals surface area contributed by atoms with Crippen LogP contribution < -0.4 is 5.32 Å². The maximum atomic E-state index is 11.9. The Morgan fingerprint density at radius 1 is 1.10 bits per heavy atom. The molecule has 2 unspecified atom stereocenters. The van der Waals surface area contributed by atoms with Gasteiger partial charge in [0.05, 0.1) is 0 Å². The fourth-order valence-electron chi connectivity index (χ4n) is 2.55. The second-order valence-corrected chi connectivity index (χ2v) is 5.35. The lowest BCUT2D eigenvalue weighted by Crippen LogP contribution is -2.47. The summed E-state index contributed by atoms with van der Waals surface area (Å²) in [5, 5.41) is 20.0. The van der Waals surface area contributed by atoms with Gasteiger partial charge in [0.2, 0.25) is 0 Å². The largest absolute Gasteiger partial charge is 0.480 e.